The maximum Gasteiger partial charge on any atom is 0.256 e. The number of hydrogen-bond acceptors (Lipinski definition) is 6. The Kier molecular flexibility index (Phi) is 6.47. The third-order valence-corrected chi connectivity index (χ3v) is 9.76. The fourth-order valence-electron chi connectivity index (χ4n) is 4.71. The number of carbonyl (C=O) groups is 1. The molecule has 1 amide bonds. The first-order valence-corrected chi connectivity index (χ1v) is 13.9. The maximum absolute atomic E-state index is 13.2. The maximum atomic E-state index is 13.2. The number of thiophene rings is 1. The van der Waals surface area contributed by atoms with Gasteiger partial charge in [0.25, 0.3) is 5.91 Å². The van der Waals surface area contributed by atoms with Crippen LogP contribution < -0.4 is 5.32 Å². The lowest BCUT2D eigenvalue weighted by Crippen LogP contribution is -2.35. The van der Waals surface area contributed by atoms with Crippen LogP contribution in [0.2, 0.25) is 0 Å². The van der Waals surface area contributed by atoms with Crippen LogP contribution in [-0.2, 0) is 36.0 Å². The molecule has 0 spiro atoms. The first kappa shape index (κ1) is 23.7. The molecule has 0 fully saturated rings. The van der Waals surface area contributed by atoms with Gasteiger partial charge < -0.3 is 5.32 Å². The van der Waals surface area contributed by atoms with Crippen LogP contribution in [0.25, 0.3) is 0 Å². The average Bonchev–Trinajstić information content (AvgIpc) is 3.24. The number of fused-ring (bicyclic) bond motifs is 2. The number of carbonyl (C=O) groups excluding carboxylic acids is 1. The van der Waals surface area contributed by atoms with Crippen molar-refractivity contribution in [1.82, 2.24) is 9.21 Å². The van der Waals surface area contributed by atoms with Crippen LogP contribution in [0.5, 0.6) is 0 Å². The number of nitrogens with zero attached hydrogens (tertiary/aromatic N) is 3. The highest BCUT2D eigenvalue weighted by Gasteiger charge is 2.29. The van der Waals surface area contributed by atoms with Gasteiger partial charge in [-0.2, -0.15) is 9.57 Å². The number of amides is 1. The molecule has 1 aromatic heterocycles. The van der Waals surface area contributed by atoms with Crippen molar-refractivity contribution in [3.8, 4) is 6.07 Å². The van der Waals surface area contributed by atoms with Crippen molar-refractivity contribution in [1.29, 1.82) is 5.26 Å². The van der Waals surface area contributed by atoms with E-state index in [0.29, 0.717) is 35.6 Å². The fourth-order valence-corrected chi connectivity index (χ4v) is 7.36. The Labute approximate surface area is 209 Å². The summed E-state index contributed by atoms with van der Waals surface area (Å²) in [5.41, 5.74) is 4.12. The minimum atomic E-state index is -3.67. The lowest BCUT2D eigenvalue weighted by molar-refractivity contribution is 0.102. The van der Waals surface area contributed by atoms with E-state index in [1.807, 2.05) is 24.3 Å². The molecule has 5 rings (SSSR count). The highest BCUT2D eigenvalue weighted by atomic mass is 32.2. The van der Waals surface area contributed by atoms with E-state index in [0.717, 1.165) is 42.1 Å². The van der Waals surface area contributed by atoms with E-state index in [2.05, 4.69) is 23.2 Å². The Morgan fingerprint density at radius 3 is 2.51 bits per heavy atom. The van der Waals surface area contributed by atoms with Gasteiger partial charge in [0.05, 0.1) is 10.5 Å². The normalized spacial score (nSPS) is 16.2. The second-order valence-corrected chi connectivity index (χ2v) is 11.8. The summed E-state index contributed by atoms with van der Waals surface area (Å²) in [5, 5.41) is 13.1. The molecule has 9 heteroatoms. The van der Waals surface area contributed by atoms with Crippen LogP contribution in [-0.4, -0.2) is 43.2 Å². The second-order valence-electron chi connectivity index (χ2n) is 8.77. The molecule has 0 bridgehead atoms. The Morgan fingerprint density at radius 1 is 1.06 bits per heavy atom. The third-order valence-electron chi connectivity index (χ3n) is 6.77. The van der Waals surface area contributed by atoms with E-state index in [4.69, 9.17) is 0 Å². The van der Waals surface area contributed by atoms with Crippen LogP contribution in [0.1, 0.15) is 44.4 Å². The molecule has 3 aromatic rings. The van der Waals surface area contributed by atoms with E-state index in [9.17, 15) is 18.5 Å². The van der Waals surface area contributed by atoms with E-state index in [-0.39, 0.29) is 10.8 Å². The lowest BCUT2D eigenvalue weighted by Gasteiger charge is -2.28. The van der Waals surface area contributed by atoms with E-state index < -0.39 is 10.0 Å². The second kappa shape index (κ2) is 9.55. The minimum absolute atomic E-state index is 0.164. The average molecular weight is 507 g/mol. The van der Waals surface area contributed by atoms with Gasteiger partial charge in [-0.25, -0.2) is 8.42 Å². The van der Waals surface area contributed by atoms with Crippen molar-refractivity contribution in [2.75, 3.05) is 25.0 Å². The van der Waals surface area contributed by atoms with Crippen LogP contribution in [0.4, 0.5) is 5.00 Å². The summed E-state index contributed by atoms with van der Waals surface area (Å²) >= 11 is 1.45. The van der Waals surface area contributed by atoms with E-state index >= 15 is 0 Å². The number of benzene rings is 2. The van der Waals surface area contributed by atoms with E-state index in [1.54, 1.807) is 0 Å². The predicted molar refractivity (Wildman–Crippen MR) is 136 cm³/mol. The zero-order valence-electron chi connectivity index (χ0n) is 19.5. The largest absolute Gasteiger partial charge is 0.312 e. The van der Waals surface area contributed by atoms with Crippen LogP contribution in [0.3, 0.4) is 0 Å². The van der Waals surface area contributed by atoms with Crippen molar-refractivity contribution in [3.63, 3.8) is 0 Å². The highest BCUT2D eigenvalue weighted by Crippen LogP contribution is 2.37. The molecule has 0 aliphatic carbocycles. The summed E-state index contributed by atoms with van der Waals surface area (Å²) < 4.78 is 27.9. The number of nitriles is 1. The van der Waals surface area contributed by atoms with Gasteiger partial charge >= 0.3 is 0 Å². The Morgan fingerprint density at radius 2 is 1.80 bits per heavy atom. The lowest BCUT2D eigenvalue weighted by atomic mass is 10.0. The monoisotopic (exact) mass is 506 g/mol. The molecule has 2 aliphatic heterocycles. The number of hydrogen-bond donors (Lipinski definition) is 1. The molecular weight excluding hydrogens is 480 g/mol. The van der Waals surface area contributed by atoms with Crippen LogP contribution in [0, 0.1) is 11.3 Å². The van der Waals surface area contributed by atoms with Gasteiger partial charge in [0.2, 0.25) is 10.0 Å². The smallest absolute Gasteiger partial charge is 0.256 e. The summed E-state index contributed by atoms with van der Waals surface area (Å²) in [6.07, 6.45) is 1.48. The van der Waals surface area contributed by atoms with Crippen LogP contribution in [0.15, 0.2) is 53.4 Å². The van der Waals surface area contributed by atoms with Gasteiger partial charge in [0, 0.05) is 36.6 Å². The Balaban J connectivity index is 1.32. The zero-order chi connectivity index (χ0) is 24.6. The molecule has 2 aromatic carbocycles. The Hall–Kier alpha value is -3.03. The molecule has 0 atom stereocenters. The van der Waals surface area contributed by atoms with Crippen molar-refractivity contribution in [2.45, 2.75) is 37.8 Å². The summed E-state index contributed by atoms with van der Waals surface area (Å²) in [4.78, 5) is 16.5. The number of nitrogens with one attached hydrogen (secondary N) is 1. The van der Waals surface area contributed by atoms with Gasteiger partial charge in [-0.1, -0.05) is 31.2 Å². The fraction of sp³-hybridized carbons (Fsp3) is 0.308. The van der Waals surface area contributed by atoms with Gasteiger partial charge in [0.1, 0.15) is 11.1 Å². The van der Waals surface area contributed by atoms with Gasteiger partial charge in [0.15, 0.2) is 0 Å². The molecular formula is C26H26N4O3S2. The highest BCUT2D eigenvalue weighted by molar-refractivity contribution is 7.89. The number of likely N-dealkylation sites (N-methyl/N-ethyl adjacent to an activating group) is 1. The quantitative estimate of drug-likeness (QED) is 0.565. The minimum Gasteiger partial charge on any atom is -0.312 e. The van der Waals surface area contributed by atoms with Gasteiger partial charge in [-0.15, -0.1) is 11.3 Å². The predicted octanol–water partition coefficient (Wildman–Crippen LogP) is 4.00. The first-order valence-electron chi connectivity index (χ1n) is 11.7. The molecule has 0 unspecified atom stereocenters. The molecule has 2 aliphatic rings. The van der Waals surface area contributed by atoms with Crippen molar-refractivity contribution in [2.24, 2.45) is 0 Å². The van der Waals surface area contributed by atoms with Gasteiger partial charge in [-0.3, -0.25) is 9.69 Å². The summed E-state index contributed by atoms with van der Waals surface area (Å²) in [6, 6.07) is 16.2. The van der Waals surface area contributed by atoms with E-state index in [1.165, 1.54) is 45.5 Å². The third kappa shape index (κ3) is 4.50. The first-order chi connectivity index (χ1) is 16.9. The SMILES string of the molecule is CCN1CCc2c(sc(NC(=O)c3ccc(S(=O)(=O)N4CCc5ccccc5C4)cc3)c2C#N)C1. The molecule has 3 heterocycles. The number of sulfonamides is 1. The van der Waals surface area contributed by atoms with Crippen molar-refractivity contribution in [3.05, 3.63) is 81.2 Å². The molecule has 0 radical (unpaired) electrons. The molecule has 1 N–H and O–H groups in total. The molecule has 7 nitrogen and oxygen atoms in total. The Bertz CT molecular complexity index is 1420. The zero-order valence-corrected chi connectivity index (χ0v) is 21.1. The number of anilines is 1. The molecule has 35 heavy (non-hydrogen) atoms. The summed E-state index contributed by atoms with van der Waals surface area (Å²) in [7, 11) is -3.67. The summed E-state index contributed by atoms with van der Waals surface area (Å²) in [6.45, 7) is 5.52. The standard InChI is InChI=1S/C26H26N4O3S2/c1-2-29-13-12-22-23(15-27)26(34-24(22)17-29)28-25(31)19-7-9-21(10-8-19)35(32,33)30-14-11-18-5-3-4-6-20(18)16-30/h3-10H,2,11-14,16-17H2,1H3,(H,28,31). The van der Waals surface area contributed by atoms with Crippen molar-refractivity contribution >= 4 is 32.3 Å². The van der Waals surface area contributed by atoms with Crippen LogP contribution >= 0.6 is 11.3 Å². The topological polar surface area (TPSA) is 93.5 Å². The number of rotatable bonds is 5. The molecule has 0 saturated carbocycles. The molecule has 180 valence electrons. The van der Waals surface area contributed by atoms with Gasteiger partial charge in [-0.05, 0) is 60.3 Å². The molecule has 0 saturated heterocycles. The van der Waals surface area contributed by atoms with Crippen molar-refractivity contribution < 1.29 is 13.2 Å². The summed E-state index contributed by atoms with van der Waals surface area (Å²) in [5.74, 6) is -0.358.